The first kappa shape index (κ1) is 8.62. The van der Waals surface area contributed by atoms with Gasteiger partial charge in [0, 0.05) is 0 Å². The Labute approximate surface area is 70.8 Å². The van der Waals surface area contributed by atoms with Gasteiger partial charge in [-0.2, -0.15) is 4.37 Å². The highest BCUT2D eigenvalue weighted by molar-refractivity contribution is 7.05. The van der Waals surface area contributed by atoms with Gasteiger partial charge in [-0.1, -0.05) is 20.3 Å². The van der Waals surface area contributed by atoms with Crippen molar-refractivity contribution >= 4 is 11.5 Å². The van der Waals surface area contributed by atoms with Gasteiger partial charge in [-0.05, 0) is 17.5 Å². The minimum absolute atomic E-state index is 0.0625. The van der Waals surface area contributed by atoms with Crippen molar-refractivity contribution in [2.24, 2.45) is 11.7 Å². The summed E-state index contributed by atoms with van der Waals surface area (Å²) in [5.41, 5.74) is 5.90. The summed E-state index contributed by atoms with van der Waals surface area (Å²) in [7, 11) is 0. The minimum atomic E-state index is 0.0625. The first-order chi connectivity index (χ1) is 5.25. The van der Waals surface area contributed by atoms with Gasteiger partial charge in [-0.15, -0.1) is 0 Å². The monoisotopic (exact) mass is 171 g/mol. The maximum atomic E-state index is 5.90. The lowest BCUT2D eigenvalue weighted by atomic mass is 10.0. The summed E-state index contributed by atoms with van der Waals surface area (Å²) in [5.74, 6) is 0.489. The molecule has 1 rings (SSSR count). The number of nitrogens with zero attached hydrogens (tertiary/aromatic N) is 2. The van der Waals surface area contributed by atoms with E-state index in [1.807, 2.05) is 0 Å². The van der Waals surface area contributed by atoms with Crippen LogP contribution in [0.5, 0.6) is 0 Å². The van der Waals surface area contributed by atoms with Crippen LogP contribution < -0.4 is 5.73 Å². The quantitative estimate of drug-likeness (QED) is 0.751. The Kier molecular flexibility index (Phi) is 2.96. The van der Waals surface area contributed by atoms with Crippen molar-refractivity contribution in [2.45, 2.75) is 26.3 Å². The number of nitrogens with two attached hydrogens (primary N) is 1. The molecule has 11 heavy (non-hydrogen) atoms. The number of hydrogen-bond acceptors (Lipinski definition) is 4. The van der Waals surface area contributed by atoms with Crippen molar-refractivity contribution in [1.82, 2.24) is 9.36 Å². The van der Waals surface area contributed by atoms with E-state index in [4.69, 9.17) is 5.73 Å². The SMILES string of the molecule is CC[C@H](C)[C@H](N)c1ncns1. The molecule has 0 aromatic carbocycles. The normalized spacial score (nSPS) is 16.3. The average Bonchev–Trinajstić information content (AvgIpc) is 2.53. The standard InChI is InChI=1S/C7H13N3S/c1-3-5(2)6(8)7-9-4-10-11-7/h4-6H,3,8H2,1-2H3/t5-,6-/m0/s1. The van der Waals surface area contributed by atoms with Gasteiger partial charge < -0.3 is 5.73 Å². The van der Waals surface area contributed by atoms with Gasteiger partial charge >= 0.3 is 0 Å². The molecule has 0 aliphatic carbocycles. The summed E-state index contributed by atoms with van der Waals surface area (Å²) < 4.78 is 3.91. The molecule has 0 amide bonds. The summed E-state index contributed by atoms with van der Waals surface area (Å²) in [6, 6.07) is 0.0625. The van der Waals surface area contributed by atoms with Crippen LogP contribution in [0.25, 0.3) is 0 Å². The van der Waals surface area contributed by atoms with E-state index in [-0.39, 0.29) is 6.04 Å². The maximum absolute atomic E-state index is 5.90. The molecule has 0 unspecified atom stereocenters. The van der Waals surface area contributed by atoms with Crippen molar-refractivity contribution < 1.29 is 0 Å². The van der Waals surface area contributed by atoms with E-state index in [9.17, 15) is 0 Å². The topological polar surface area (TPSA) is 51.8 Å². The van der Waals surface area contributed by atoms with Gasteiger partial charge in [0.05, 0.1) is 6.04 Å². The van der Waals surface area contributed by atoms with Crippen molar-refractivity contribution in [2.75, 3.05) is 0 Å². The zero-order chi connectivity index (χ0) is 8.27. The highest BCUT2D eigenvalue weighted by Gasteiger charge is 2.15. The molecule has 0 fully saturated rings. The lowest BCUT2D eigenvalue weighted by Crippen LogP contribution is -2.18. The van der Waals surface area contributed by atoms with Crippen molar-refractivity contribution in [1.29, 1.82) is 0 Å². The second kappa shape index (κ2) is 3.78. The Morgan fingerprint density at radius 1 is 1.73 bits per heavy atom. The fourth-order valence-corrected chi connectivity index (χ4v) is 1.48. The van der Waals surface area contributed by atoms with Gasteiger partial charge in [-0.3, -0.25) is 0 Å². The van der Waals surface area contributed by atoms with Gasteiger partial charge in [0.1, 0.15) is 11.3 Å². The Morgan fingerprint density at radius 2 is 2.45 bits per heavy atom. The summed E-state index contributed by atoms with van der Waals surface area (Å²) >= 11 is 1.39. The molecule has 2 atom stereocenters. The molecule has 0 spiro atoms. The summed E-state index contributed by atoms with van der Waals surface area (Å²) in [6.45, 7) is 4.26. The first-order valence-electron chi connectivity index (χ1n) is 3.77. The highest BCUT2D eigenvalue weighted by Crippen LogP contribution is 2.21. The molecule has 0 saturated heterocycles. The lowest BCUT2D eigenvalue weighted by molar-refractivity contribution is 0.455. The van der Waals surface area contributed by atoms with Crippen LogP contribution in [-0.4, -0.2) is 9.36 Å². The van der Waals surface area contributed by atoms with E-state index in [2.05, 4.69) is 23.2 Å². The lowest BCUT2D eigenvalue weighted by Gasteiger charge is -2.14. The largest absolute Gasteiger partial charge is 0.322 e. The summed E-state index contributed by atoms with van der Waals surface area (Å²) in [4.78, 5) is 4.07. The highest BCUT2D eigenvalue weighted by atomic mass is 32.1. The molecule has 0 bridgehead atoms. The predicted molar refractivity (Wildman–Crippen MR) is 46.3 cm³/mol. The van der Waals surface area contributed by atoms with E-state index >= 15 is 0 Å². The molecule has 4 heteroatoms. The number of aromatic nitrogens is 2. The van der Waals surface area contributed by atoms with Crippen LogP contribution in [0.2, 0.25) is 0 Å². The molecule has 1 aromatic heterocycles. The Morgan fingerprint density at radius 3 is 2.91 bits per heavy atom. The predicted octanol–water partition coefficient (Wildman–Crippen LogP) is 1.58. The molecule has 2 N–H and O–H groups in total. The fourth-order valence-electron chi connectivity index (χ4n) is 0.826. The first-order valence-corrected chi connectivity index (χ1v) is 4.55. The maximum Gasteiger partial charge on any atom is 0.130 e. The third-order valence-electron chi connectivity index (χ3n) is 1.92. The molecule has 1 aromatic rings. The van der Waals surface area contributed by atoms with Gasteiger partial charge in [-0.25, -0.2) is 4.98 Å². The molecule has 0 radical (unpaired) electrons. The Bertz CT molecular complexity index is 197. The van der Waals surface area contributed by atoms with Crippen LogP contribution in [0.15, 0.2) is 6.33 Å². The molecular formula is C7H13N3S. The Hall–Kier alpha value is -0.480. The third kappa shape index (κ3) is 1.97. The van der Waals surface area contributed by atoms with Gasteiger partial charge in [0.25, 0.3) is 0 Å². The fraction of sp³-hybridized carbons (Fsp3) is 0.714. The van der Waals surface area contributed by atoms with Crippen LogP contribution >= 0.6 is 11.5 Å². The summed E-state index contributed by atoms with van der Waals surface area (Å²) in [5, 5.41) is 0.944. The van der Waals surface area contributed by atoms with E-state index < -0.39 is 0 Å². The number of hydrogen-bond donors (Lipinski definition) is 1. The summed E-state index contributed by atoms with van der Waals surface area (Å²) in [6.07, 6.45) is 2.64. The second-order valence-corrected chi connectivity index (χ2v) is 3.50. The van der Waals surface area contributed by atoms with Crippen molar-refractivity contribution in [3.8, 4) is 0 Å². The van der Waals surface area contributed by atoms with Crippen LogP contribution in [-0.2, 0) is 0 Å². The van der Waals surface area contributed by atoms with Crippen molar-refractivity contribution in [3.63, 3.8) is 0 Å². The Balaban J connectivity index is 2.62. The molecular weight excluding hydrogens is 158 g/mol. The van der Waals surface area contributed by atoms with E-state index in [0.29, 0.717) is 5.92 Å². The number of rotatable bonds is 3. The van der Waals surface area contributed by atoms with Crippen molar-refractivity contribution in [3.05, 3.63) is 11.3 Å². The van der Waals surface area contributed by atoms with Gasteiger partial charge in [0.15, 0.2) is 0 Å². The van der Waals surface area contributed by atoms with Crippen LogP contribution in [0.1, 0.15) is 31.3 Å². The smallest absolute Gasteiger partial charge is 0.130 e. The molecule has 1 heterocycles. The molecule has 0 saturated carbocycles. The zero-order valence-electron chi connectivity index (χ0n) is 6.82. The van der Waals surface area contributed by atoms with E-state index in [1.165, 1.54) is 11.5 Å². The van der Waals surface area contributed by atoms with Crippen LogP contribution in [0, 0.1) is 5.92 Å². The average molecular weight is 171 g/mol. The third-order valence-corrected chi connectivity index (χ3v) is 2.68. The van der Waals surface area contributed by atoms with Crippen LogP contribution in [0.3, 0.4) is 0 Å². The molecule has 3 nitrogen and oxygen atoms in total. The molecule has 0 aliphatic heterocycles. The van der Waals surface area contributed by atoms with Gasteiger partial charge in [0.2, 0.25) is 0 Å². The van der Waals surface area contributed by atoms with E-state index in [1.54, 1.807) is 6.33 Å². The van der Waals surface area contributed by atoms with E-state index in [0.717, 1.165) is 11.4 Å². The molecule has 62 valence electrons. The zero-order valence-corrected chi connectivity index (χ0v) is 7.64. The van der Waals surface area contributed by atoms with Crippen LogP contribution in [0.4, 0.5) is 0 Å². The second-order valence-electron chi connectivity index (χ2n) is 2.69. The molecule has 0 aliphatic rings. The minimum Gasteiger partial charge on any atom is -0.322 e.